The first-order valence-electron chi connectivity index (χ1n) is 8.69. The maximum Gasteiger partial charge on any atom is 0.270 e. The predicted octanol–water partition coefficient (Wildman–Crippen LogP) is 1.66. The van der Waals surface area contributed by atoms with Gasteiger partial charge >= 0.3 is 0 Å². The Labute approximate surface area is 171 Å². The summed E-state index contributed by atoms with van der Waals surface area (Å²) >= 11 is 0. The van der Waals surface area contributed by atoms with Crippen LogP contribution in [0.5, 0.6) is 0 Å². The molecule has 11 nitrogen and oxygen atoms in total. The third-order valence-electron chi connectivity index (χ3n) is 3.96. The molecular weight excluding hydrogens is 414 g/mol. The lowest BCUT2D eigenvalue weighted by atomic mass is 10.1. The zero-order chi connectivity index (χ0) is 21.7. The van der Waals surface area contributed by atoms with Crippen LogP contribution in [0.3, 0.4) is 0 Å². The number of rotatable bonds is 8. The van der Waals surface area contributed by atoms with Crippen molar-refractivity contribution >= 4 is 21.6 Å². The molecule has 12 heteroatoms. The molecule has 2 N–H and O–H groups in total. The van der Waals surface area contributed by atoms with Crippen LogP contribution in [-0.4, -0.2) is 42.5 Å². The Balaban J connectivity index is 1.53. The van der Waals surface area contributed by atoms with E-state index < -0.39 is 20.9 Å². The number of benzene rings is 2. The van der Waals surface area contributed by atoms with E-state index in [0.717, 1.165) is 6.07 Å². The molecule has 0 spiro atoms. The molecule has 0 unspecified atom stereocenters. The van der Waals surface area contributed by atoms with Crippen LogP contribution in [0.4, 0.5) is 5.69 Å². The van der Waals surface area contributed by atoms with E-state index in [2.05, 4.69) is 20.2 Å². The van der Waals surface area contributed by atoms with Crippen molar-refractivity contribution in [3.8, 4) is 11.5 Å². The highest BCUT2D eigenvalue weighted by Crippen LogP contribution is 2.18. The van der Waals surface area contributed by atoms with Crippen molar-refractivity contribution in [3.05, 3.63) is 70.0 Å². The van der Waals surface area contributed by atoms with Crippen LogP contribution >= 0.6 is 0 Å². The van der Waals surface area contributed by atoms with Crippen LogP contribution in [-0.2, 0) is 10.0 Å². The quantitative estimate of drug-likeness (QED) is 0.310. The number of aromatic nitrogens is 2. The zero-order valence-electron chi connectivity index (χ0n) is 15.7. The number of nitrogens with one attached hydrogen (secondary N) is 2. The van der Waals surface area contributed by atoms with Gasteiger partial charge in [-0.05, 0) is 37.3 Å². The van der Waals surface area contributed by atoms with E-state index in [1.54, 1.807) is 31.2 Å². The average Bonchev–Trinajstić information content (AvgIpc) is 3.17. The second-order valence-electron chi connectivity index (χ2n) is 6.13. The second kappa shape index (κ2) is 8.80. The summed E-state index contributed by atoms with van der Waals surface area (Å²) in [6.45, 7) is 1.63. The smallest absolute Gasteiger partial charge is 0.270 e. The van der Waals surface area contributed by atoms with Crippen molar-refractivity contribution < 1.29 is 22.7 Å². The summed E-state index contributed by atoms with van der Waals surface area (Å²) < 4.78 is 31.8. The highest BCUT2D eigenvalue weighted by atomic mass is 32.2. The number of aryl methyl sites for hydroxylation is 1. The molecular formula is C18H17N5O6S. The Morgan fingerprint density at radius 2 is 1.90 bits per heavy atom. The monoisotopic (exact) mass is 431 g/mol. The number of sulfonamides is 1. The van der Waals surface area contributed by atoms with Crippen molar-refractivity contribution in [2.75, 3.05) is 13.1 Å². The molecule has 3 aromatic rings. The highest BCUT2D eigenvalue weighted by Gasteiger charge is 2.17. The molecule has 0 saturated carbocycles. The summed E-state index contributed by atoms with van der Waals surface area (Å²) in [5, 5.41) is 17.1. The lowest BCUT2D eigenvalue weighted by Crippen LogP contribution is -2.34. The zero-order valence-corrected chi connectivity index (χ0v) is 16.5. The SMILES string of the molecule is Cc1noc(-c2ccc(C(=O)NCCNS(=O)(=O)c3cccc([N+](=O)[O-])c3)cc2)n1. The number of nitro groups is 1. The van der Waals surface area contributed by atoms with E-state index in [9.17, 15) is 23.3 Å². The van der Waals surface area contributed by atoms with Crippen LogP contribution in [0.25, 0.3) is 11.5 Å². The number of amides is 1. The fourth-order valence-corrected chi connectivity index (χ4v) is 3.56. The van der Waals surface area contributed by atoms with Gasteiger partial charge in [-0.3, -0.25) is 14.9 Å². The average molecular weight is 431 g/mol. The van der Waals surface area contributed by atoms with Gasteiger partial charge in [0.25, 0.3) is 17.5 Å². The van der Waals surface area contributed by atoms with Gasteiger partial charge in [0, 0.05) is 36.3 Å². The molecule has 0 bridgehead atoms. The van der Waals surface area contributed by atoms with E-state index in [1.165, 1.54) is 18.2 Å². The predicted molar refractivity (Wildman–Crippen MR) is 105 cm³/mol. The van der Waals surface area contributed by atoms with Gasteiger partial charge in [-0.25, -0.2) is 13.1 Å². The van der Waals surface area contributed by atoms with Gasteiger partial charge in [-0.1, -0.05) is 11.2 Å². The second-order valence-corrected chi connectivity index (χ2v) is 7.90. The molecule has 2 aromatic carbocycles. The molecule has 1 aromatic heterocycles. The third-order valence-corrected chi connectivity index (χ3v) is 5.42. The molecule has 0 fully saturated rings. The molecule has 0 saturated heterocycles. The van der Waals surface area contributed by atoms with Gasteiger partial charge in [0.1, 0.15) is 0 Å². The van der Waals surface area contributed by atoms with E-state index in [0.29, 0.717) is 22.8 Å². The highest BCUT2D eigenvalue weighted by molar-refractivity contribution is 7.89. The minimum absolute atomic E-state index is 0.0254. The topological polar surface area (TPSA) is 157 Å². The Kier molecular flexibility index (Phi) is 6.18. The van der Waals surface area contributed by atoms with Gasteiger partial charge in [0.05, 0.1) is 9.82 Å². The Bertz CT molecular complexity index is 1170. The van der Waals surface area contributed by atoms with Crippen molar-refractivity contribution in [2.24, 2.45) is 0 Å². The maximum atomic E-state index is 12.2. The minimum atomic E-state index is -3.94. The van der Waals surface area contributed by atoms with Crippen molar-refractivity contribution in [1.29, 1.82) is 0 Å². The first kappa shape index (κ1) is 21.1. The molecule has 0 atom stereocenters. The van der Waals surface area contributed by atoms with Crippen molar-refractivity contribution in [2.45, 2.75) is 11.8 Å². The molecule has 1 amide bonds. The summed E-state index contributed by atoms with van der Waals surface area (Å²) in [4.78, 5) is 26.2. The molecule has 156 valence electrons. The molecule has 0 aliphatic heterocycles. The Morgan fingerprint density at radius 1 is 1.17 bits per heavy atom. The lowest BCUT2D eigenvalue weighted by Gasteiger charge is -2.08. The van der Waals surface area contributed by atoms with Gasteiger partial charge < -0.3 is 9.84 Å². The van der Waals surface area contributed by atoms with E-state index in [4.69, 9.17) is 4.52 Å². The summed E-state index contributed by atoms with van der Waals surface area (Å²) in [6, 6.07) is 11.2. The minimum Gasteiger partial charge on any atom is -0.351 e. The number of carbonyl (C=O) groups is 1. The van der Waals surface area contributed by atoms with Gasteiger partial charge in [0.15, 0.2) is 5.82 Å². The van der Waals surface area contributed by atoms with Crippen LogP contribution in [0.2, 0.25) is 0 Å². The van der Waals surface area contributed by atoms with Crippen LogP contribution < -0.4 is 10.0 Å². The Morgan fingerprint density at radius 3 is 2.53 bits per heavy atom. The fraction of sp³-hybridized carbons (Fsp3) is 0.167. The molecule has 1 heterocycles. The molecule has 30 heavy (non-hydrogen) atoms. The van der Waals surface area contributed by atoms with E-state index >= 15 is 0 Å². The molecule has 0 aliphatic carbocycles. The van der Waals surface area contributed by atoms with E-state index in [1.807, 2.05) is 0 Å². The number of hydrogen-bond acceptors (Lipinski definition) is 8. The fourth-order valence-electron chi connectivity index (χ4n) is 2.49. The van der Waals surface area contributed by atoms with Crippen LogP contribution in [0.1, 0.15) is 16.2 Å². The van der Waals surface area contributed by atoms with Crippen LogP contribution in [0, 0.1) is 17.0 Å². The number of carbonyl (C=O) groups excluding carboxylic acids is 1. The van der Waals surface area contributed by atoms with Crippen LogP contribution in [0.15, 0.2) is 57.9 Å². The normalized spacial score (nSPS) is 11.2. The first-order chi connectivity index (χ1) is 14.3. The Hall–Kier alpha value is -3.64. The number of nitrogens with zero attached hydrogens (tertiary/aromatic N) is 3. The standard InChI is InChI=1S/C18H17N5O6S/c1-12-21-18(29-22-12)14-7-5-13(6-8-14)17(24)19-9-10-20-30(27,28)16-4-2-3-15(11-16)23(25)26/h2-8,11,20H,9-10H2,1H3,(H,19,24). The largest absolute Gasteiger partial charge is 0.351 e. The number of non-ortho nitro benzene ring substituents is 1. The van der Waals surface area contributed by atoms with Crippen molar-refractivity contribution in [1.82, 2.24) is 20.2 Å². The van der Waals surface area contributed by atoms with E-state index in [-0.39, 0.29) is 23.7 Å². The summed E-state index contributed by atoms with van der Waals surface area (Å²) in [7, 11) is -3.94. The first-order valence-corrected chi connectivity index (χ1v) is 10.2. The lowest BCUT2D eigenvalue weighted by molar-refractivity contribution is -0.385. The van der Waals surface area contributed by atoms with Gasteiger partial charge in [0.2, 0.25) is 10.0 Å². The summed E-state index contributed by atoms with van der Waals surface area (Å²) in [5.74, 6) is 0.451. The van der Waals surface area contributed by atoms with Gasteiger partial charge in [-0.15, -0.1) is 0 Å². The molecule has 3 rings (SSSR count). The maximum absolute atomic E-state index is 12.2. The molecule has 0 radical (unpaired) electrons. The van der Waals surface area contributed by atoms with Crippen molar-refractivity contribution in [3.63, 3.8) is 0 Å². The molecule has 0 aliphatic rings. The number of hydrogen-bond donors (Lipinski definition) is 2. The van der Waals surface area contributed by atoms with Gasteiger partial charge in [-0.2, -0.15) is 4.98 Å². The third kappa shape index (κ3) is 5.04. The summed E-state index contributed by atoms with van der Waals surface area (Å²) in [5.41, 5.74) is 0.707. The summed E-state index contributed by atoms with van der Waals surface area (Å²) in [6.07, 6.45) is 0. The number of nitro benzene ring substituents is 1.